The lowest BCUT2D eigenvalue weighted by Gasteiger charge is -2.43. The first kappa shape index (κ1) is 31.1. The van der Waals surface area contributed by atoms with Gasteiger partial charge in [0.25, 0.3) is 0 Å². The summed E-state index contributed by atoms with van der Waals surface area (Å²) in [5.74, 6) is 1.62. The van der Waals surface area contributed by atoms with Crippen molar-refractivity contribution in [1.82, 2.24) is 15.1 Å². The number of ether oxygens (including phenoxy) is 3. The number of benzene rings is 2. The normalized spacial score (nSPS) is 20.1. The first-order valence-electron chi connectivity index (χ1n) is 14.7. The molecular formula is C32H44ClN3O5. The number of nitrogens with zero attached hydrogens (tertiary/aromatic N) is 2. The lowest BCUT2D eigenvalue weighted by atomic mass is 9.95. The third-order valence-corrected chi connectivity index (χ3v) is 8.37. The Bertz CT molecular complexity index is 1160. The fraction of sp³-hybridized carbons (Fsp3) is 0.562. The van der Waals surface area contributed by atoms with Gasteiger partial charge in [-0.1, -0.05) is 30.7 Å². The number of halogens is 1. The maximum absolute atomic E-state index is 13.6. The van der Waals surface area contributed by atoms with Gasteiger partial charge < -0.3 is 24.4 Å². The summed E-state index contributed by atoms with van der Waals surface area (Å²) >= 11 is 6.38. The number of hydrogen-bond donors (Lipinski definition) is 1. The molecule has 0 spiro atoms. The molecule has 0 bridgehead atoms. The van der Waals surface area contributed by atoms with Crippen LogP contribution in [-0.2, 0) is 20.9 Å². The van der Waals surface area contributed by atoms with Crippen molar-refractivity contribution in [1.29, 1.82) is 0 Å². The van der Waals surface area contributed by atoms with E-state index in [9.17, 15) is 9.59 Å². The zero-order valence-electron chi connectivity index (χ0n) is 24.8. The van der Waals surface area contributed by atoms with Gasteiger partial charge in [-0.3, -0.25) is 14.5 Å². The van der Waals surface area contributed by atoms with Gasteiger partial charge in [-0.15, -0.1) is 0 Å². The van der Waals surface area contributed by atoms with Crippen molar-refractivity contribution >= 4 is 23.4 Å². The van der Waals surface area contributed by atoms with E-state index in [4.69, 9.17) is 25.8 Å². The number of piperidine rings is 1. The van der Waals surface area contributed by atoms with Gasteiger partial charge in [0.2, 0.25) is 11.8 Å². The molecule has 2 aliphatic rings. The predicted octanol–water partition coefficient (Wildman–Crippen LogP) is 4.91. The third kappa shape index (κ3) is 8.84. The first-order chi connectivity index (χ1) is 19.7. The van der Waals surface area contributed by atoms with Crippen molar-refractivity contribution in [3.63, 3.8) is 0 Å². The Morgan fingerprint density at radius 2 is 1.73 bits per heavy atom. The van der Waals surface area contributed by atoms with Crippen molar-refractivity contribution in [2.75, 3.05) is 46.0 Å². The number of hydrogen-bond acceptors (Lipinski definition) is 6. The number of carbonyl (C=O) groups excluding carboxylic acids is 2. The second kappa shape index (κ2) is 14.4. The average molecular weight is 586 g/mol. The highest BCUT2D eigenvalue weighted by Gasteiger charge is 2.41. The molecule has 0 aliphatic carbocycles. The van der Waals surface area contributed by atoms with Crippen LogP contribution in [0.25, 0.3) is 0 Å². The number of amides is 2. The monoisotopic (exact) mass is 585 g/mol. The van der Waals surface area contributed by atoms with Gasteiger partial charge in [-0.2, -0.15) is 0 Å². The van der Waals surface area contributed by atoms with Crippen LogP contribution in [-0.4, -0.2) is 79.3 Å². The lowest BCUT2D eigenvalue weighted by Crippen LogP contribution is -2.57. The van der Waals surface area contributed by atoms with E-state index in [1.165, 1.54) is 12.5 Å². The van der Waals surface area contributed by atoms with Crippen LogP contribution in [0.5, 0.6) is 11.5 Å². The van der Waals surface area contributed by atoms with Crippen molar-refractivity contribution in [3.8, 4) is 11.5 Å². The summed E-state index contributed by atoms with van der Waals surface area (Å²) in [6.45, 7) is 12.3. The second-order valence-corrected chi connectivity index (χ2v) is 11.8. The van der Waals surface area contributed by atoms with Crippen LogP contribution in [0.3, 0.4) is 0 Å². The van der Waals surface area contributed by atoms with Gasteiger partial charge in [0.15, 0.2) is 0 Å². The molecule has 1 unspecified atom stereocenters. The van der Waals surface area contributed by atoms with Crippen LogP contribution in [0, 0.1) is 13.8 Å². The summed E-state index contributed by atoms with van der Waals surface area (Å²) in [7, 11) is 0. The standard InChI is InChI=1S/C32H44ClN3O5/c1-5-15-39-28-8-6-26(7-9-28)20-35-14-16-41-32(21-35,22-40-29-17-23(2)31(33)24(3)18-29)19-30(38)36-12-10-27(11-13-36)34-25(4)37/h6-9,17-18,27H,5,10-16,19-22H2,1-4H3,(H,34,37). The summed E-state index contributed by atoms with van der Waals surface area (Å²) in [5, 5.41) is 3.71. The summed E-state index contributed by atoms with van der Waals surface area (Å²) < 4.78 is 18.5. The minimum atomic E-state index is -0.796. The number of likely N-dealkylation sites (tertiary alicyclic amines) is 1. The van der Waals surface area contributed by atoms with Crippen molar-refractivity contribution in [2.24, 2.45) is 0 Å². The highest BCUT2D eigenvalue weighted by Crippen LogP contribution is 2.30. The zero-order valence-corrected chi connectivity index (χ0v) is 25.6. The van der Waals surface area contributed by atoms with E-state index in [-0.39, 0.29) is 30.9 Å². The second-order valence-electron chi connectivity index (χ2n) is 11.4. The van der Waals surface area contributed by atoms with Gasteiger partial charge >= 0.3 is 0 Å². The number of nitrogens with one attached hydrogen (secondary N) is 1. The Morgan fingerprint density at radius 3 is 2.37 bits per heavy atom. The molecule has 1 atom stereocenters. The van der Waals surface area contributed by atoms with Crippen molar-refractivity contribution < 1.29 is 23.8 Å². The van der Waals surface area contributed by atoms with Gasteiger partial charge in [-0.05, 0) is 74.1 Å². The molecule has 2 aliphatic heterocycles. The molecule has 2 aromatic rings. The zero-order chi connectivity index (χ0) is 29.4. The van der Waals surface area contributed by atoms with Crippen LogP contribution in [0.2, 0.25) is 5.02 Å². The first-order valence-corrected chi connectivity index (χ1v) is 15.1. The molecule has 0 saturated carbocycles. The number of aryl methyl sites for hydroxylation is 2. The van der Waals surface area contributed by atoms with Crippen LogP contribution in [0.15, 0.2) is 36.4 Å². The molecule has 224 valence electrons. The summed E-state index contributed by atoms with van der Waals surface area (Å²) in [5.41, 5.74) is 2.29. The fourth-order valence-corrected chi connectivity index (χ4v) is 5.73. The summed E-state index contributed by atoms with van der Waals surface area (Å²) in [6, 6.07) is 12.2. The summed E-state index contributed by atoms with van der Waals surface area (Å²) in [4.78, 5) is 29.3. The SMILES string of the molecule is CCCOc1ccc(CN2CCOC(COc3cc(C)c(Cl)c(C)c3)(CC(=O)N3CCC(NC(C)=O)CC3)C2)cc1. The molecule has 41 heavy (non-hydrogen) atoms. The Hall–Kier alpha value is -2.81. The molecule has 4 rings (SSSR count). The lowest BCUT2D eigenvalue weighted by molar-refractivity contribution is -0.157. The summed E-state index contributed by atoms with van der Waals surface area (Å²) in [6.07, 6.45) is 2.71. The topological polar surface area (TPSA) is 80.3 Å². The van der Waals surface area contributed by atoms with E-state index in [1.807, 2.05) is 43.0 Å². The quantitative estimate of drug-likeness (QED) is 0.403. The van der Waals surface area contributed by atoms with Crippen LogP contribution >= 0.6 is 11.6 Å². The van der Waals surface area contributed by atoms with Crippen molar-refractivity contribution in [2.45, 2.75) is 71.6 Å². The molecule has 2 aromatic carbocycles. The van der Waals surface area contributed by atoms with E-state index in [1.54, 1.807) is 0 Å². The minimum absolute atomic E-state index is 0.0302. The Balaban J connectivity index is 1.46. The molecule has 1 N–H and O–H groups in total. The molecule has 8 nitrogen and oxygen atoms in total. The largest absolute Gasteiger partial charge is 0.494 e. The van der Waals surface area contributed by atoms with E-state index in [0.29, 0.717) is 32.8 Å². The van der Waals surface area contributed by atoms with Gasteiger partial charge in [0, 0.05) is 50.7 Å². The minimum Gasteiger partial charge on any atom is -0.494 e. The van der Waals surface area contributed by atoms with E-state index in [2.05, 4.69) is 29.3 Å². The van der Waals surface area contributed by atoms with Crippen LogP contribution in [0.4, 0.5) is 0 Å². The highest BCUT2D eigenvalue weighted by molar-refractivity contribution is 6.32. The predicted molar refractivity (Wildman–Crippen MR) is 161 cm³/mol. The Morgan fingerprint density at radius 1 is 1.05 bits per heavy atom. The maximum atomic E-state index is 13.6. The molecule has 9 heteroatoms. The maximum Gasteiger partial charge on any atom is 0.225 e. The van der Waals surface area contributed by atoms with Gasteiger partial charge in [0.05, 0.1) is 19.6 Å². The Kier molecular flexibility index (Phi) is 10.9. The molecule has 2 heterocycles. The number of rotatable bonds is 11. The molecule has 0 aromatic heterocycles. The number of carbonyl (C=O) groups is 2. The molecule has 0 radical (unpaired) electrons. The fourth-order valence-electron chi connectivity index (χ4n) is 5.63. The van der Waals surface area contributed by atoms with Gasteiger partial charge in [0.1, 0.15) is 23.7 Å². The van der Waals surface area contributed by atoms with Gasteiger partial charge in [-0.25, -0.2) is 0 Å². The van der Waals surface area contributed by atoms with Crippen molar-refractivity contribution in [3.05, 3.63) is 58.1 Å². The van der Waals surface area contributed by atoms with E-state index in [0.717, 1.165) is 60.0 Å². The average Bonchev–Trinajstić information content (AvgIpc) is 2.94. The van der Waals surface area contributed by atoms with E-state index >= 15 is 0 Å². The highest BCUT2D eigenvalue weighted by atomic mass is 35.5. The molecule has 2 amide bonds. The molecule has 2 fully saturated rings. The third-order valence-electron chi connectivity index (χ3n) is 7.77. The van der Waals surface area contributed by atoms with Crippen LogP contribution < -0.4 is 14.8 Å². The number of morpholine rings is 1. The van der Waals surface area contributed by atoms with E-state index < -0.39 is 5.60 Å². The molecule has 2 saturated heterocycles. The smallest absolute Gasteiger partial charge is 0.225 e. The Labute approximate surface area is 249 Å². The molecular weight excluding hydrogens is 542 g/mol. The van der Waals surface area contributed by atoms with Crippen LogP contribution in [0.1, 0.15) is 56.2 Å².